The highest BCUT2D eigenvalue weighted by Gasteiger charge is 2.34. The first-order chi connectivity index (χ1) is 7.69. The number of hydrogen-bond donors (Lipinski definition) is 0. The van der Waals surface area contributed by atoms with Crippen molar-refractivity contribution in [2.24, 2.45) is 5.41 Å². The van der Waals surface area contributed by atoms with Crippen molar-refractivity contribution in [3.05, 3.63) is 47.5 Å². The van der Waals surface area contributed by atoms with Gasteiger partial charge in [-0.25, -0.2) is 0 Å². The number of ketones is 1. The lowest BCUT2D eigenvalue weighted by Gasteiger charge is -2.36. The normalized spacial score (nSPS) is 27.1. The molecule has 0 heterocycles. The minimum atomic E-state index is 0.0578. The molecule has 0 saturated heterocycles. The Bertz CT molecular complexity index is 522. The van der Waals surface area contributed by atoms with Gasteiger partial charge in [0.2, 0.25) is 0 Å². The van der Waals surface area contributed by atoms with E-state index < -0.39 is 0 Å². The first-order valence-electron chi connectivity index (χ1n) is 5.73. The highest BCUT2D eigenvalue weighted by atomic mass is 16.1. The van der Waals surface area contributed by atoms with Gasteiger partial charge >= 0.3 is 0 Å². The standard InChI is InChI=1S/C15H14O/c1-15-8-6-11-4-2-3-5-13(11)14(15)10-12(16)7-9-15/h2-6,8,10H,7,9H2,1H3. The zero-order valence-corrected chi connectivity index (χ0v) is 9.36. The molecular weight excluding hydrogens is 196 g/mol. The molecule has 16 heavy (non-hydrogen) atoms. The van der Waals surface area contributed by atoms with E-state index in [-0.39, 0.29) is 11.2 Å². The molecule has 2 aliphatic carbocycles. The fraction of sp³-hybridized carbons (Fsp3) is 0.267. The summed E-state index contributed by atoms with van der Waals surface area (Å²) in [6, 6.07) is 8.29. The second-order valence-electron chi connectivity index (χ2n) is 4.86. The fourth-order valence-electron chi connectivity index (χ4n) is 2.64. The zero-order chi connectivity index (χ0) is 11.2. The van der Waals surface area contributed by atoms with E-state index in [1.807, 2.05) is 18.2 Å². The molecule has 1 unspecified atom stereocenters. The van der Waals surface area contributed by atoms with Crippen LogP contribution in [0.15, 0.2) is 36.4 Å². The summed E-state index contributed by atoms with van der Waals surface area (Å²) in [5.74, 6) is 0.262. The van der Waals surface area contributed by atoms with Crippen molar-refractivity contribution < 1.29 is 4.79 Å². The SMILES string of the molecule is CC12C=Cc3ccccc3C1=CC(=O)CC2. The van der Waals surface area contributed by atoms with Crippen molar-refractivity contribution in [3.8, 4) is 0 Å². The molecule has 0 N–H and O–H groups in total. The number of fused-ring (bicyclic) bond motifs is 3. The van der Waals surface area contributed by atoms with E-state index in [1.54, 1.807) is 0 Å². The van der Waals surface area contributed by atoms with Crippen LogP contribution in [0.25, 0.3) is 11.6 Å². The van der Waals surface area contributed by atoms with Crippen molar-refractivity contribution in [1.29, 1.82) is 0 Å². The summed E-state index contributed by atoms with van der Waals surface area (Å²) in [5.41, 5.74) is 3.70. The number of allylic oxidation sites excluding steroid dienone is 3. The molecule has 0 aliphatic heterocycles. The van der Waals surface area contributed by atoms with Gasteiger partial charge in [0.15, 0.2) is 5.78 Å². The molecule has 1 atom stereocenters. The van der Waals surface area contributed by atoms with Gasteiger partial charge in [-0.3, -0.25) is 4.79 Å². The monoisotopic (exact) mass is 210 g/mol. The van der Waals surface area contributed by atoms with Crippen LogP contribution < -0.4 is 0 Å². The largest absolute Gasteiger partial charge is 0.295 e. The van der Waals surface area contributed by atoms with Crippen LogP contribution in [0.5, 0.6) is 0 Å². The van der Waals surface area contributed by atoms with E-state index in [0.29, 0.717) is 6.42 Å². The summed E-state index contributed by atoms with van der Waals surface area (Å²) in [4.78, 5) is 11.6. The van der Waals surface area contributed by atoms with E-state index in [9.17, 15) is 4.79 Å². The Balaban J connectivity index is 2.25. The van der Waals surface area contributed by atoms with Gasteiger partial charge in [-0.05, 0) is 29.2 Å². The molecule has 80 valence electrons. The molecule has 2 aliphatic rings. The van der Waals surface area contributed by atoms with Crippen LogP contribution in [-0.2, 0) is 4.79 Å². The highest BCUT2D eigenvalue weighted by molar-refractivity contribution is 6.02. The predicted molar refractivity (Wildman–Crippen MR) is 65.8 cm³/mol. The summed E-state index contributed by atoms with van der Waals surface area (Å²) < 4.78 is 0. The summed E-state index contributed by atoms with van der Waals surface area (Å²) >= 11 is 0. The Labute approximate surface area is 95.5 Å². The van der Waals surface area contributed by atoms with Crippen LogP contribution in [0, 0.1) is 5.41 Å². The first-order valence-corrected chi connectivity index (χ1v) is 5.73. The van der Waals surface area contributed by atoms with E-state index in [2.05, 4.69) is 31.2 Å². The molecule has 1 aromatic carbocycles. The van der Waals surface area contributed by atoms with Crippen LogP contribution in [0.1, 0.15) is 30.9 Å². The third-order valence-electron chi connectivity index (χ3n) is 3.69. The van der Waals surface area contributed by atoms with Gasteiger partial charge in [-0.15, -0.1) is 0 Å². The average Bonchev–Trinajstić information content (AvgIpc) is 2.31. The van der Waals surface area contributed by atoms with E-state index in [1.165, 1.54) is 16.7 Å². The topological polar surface area (TPSA) is 17.1 Å². The van der Waals surface area contributed by atoms with Crippen LogP contribution in [-0.4, -0.2) is 5.78 Å². The van der Waals surface area contributed by atoms with Gasteiger partial charge < -0.3 is 0 Å². The number of rotatable bonds is 0. The maximum absolute atomic E-state index is 11.6. The molecule has 0 saturated carbocycles. The smallest absolute Gasteiger partial charge is 0.156 e. The molecule has 0 aromatic heterocycles. The molecule has 0 radical (unpaired) electrons. The molecule has 0 amide bonds. The Morgan fingerprint density at radius 3 is 2.94 bits per heavy atom. The number of benzene rings is 1. The van der Waals surface area contributed by atoms with Crippen LogP contribution in [0.4, 0.5) is 0 Å². The van der Waals surface area contributed by atoms with Gasteiger partial charge in [0.25, 0.3) is 0 Å². The van der Waals surface area contributed by atoms with Crippen molar-refractivity contribution in [2.45, 2.75) is 19.8 Å². The van der Waals surface area contributed by atoms with E-state index in [4.69, 9.17) is 0 Å². The molecule has 0 bridgehead atoms. The van der Waals surface area contributed by atoms with Gasteiger partial charge in [-0.1, -0.05) is 43.3 Å². The summed E-state index contributed by atoms with van der Waals surface area (Å²) in [7, 11) is 0. The summed E-state index contributed by atoms with van der Waals surface area (Å²) in [6.07, 6.45) is 7.87. The molecular formula is C15H14O. The van der Waals surface area contributed by atoms with Gasteiger partial charge in [0.1, 0.15) is 0 Å². The minimum Gasteiger partial charge on any atom is -0.295 e. The Hall–Kier alpha value is -1.63. The van der Waals surface area contributed by atoms with Crippen LogP contribution in [0.3, 0.4) is 0 Å². The van der Waals surface area contributed by atoms with Crippen LogP contribution in [0.2, 0.25) is 0 Å². The zero-order valence-electron chi connectivity index (χ0n) is 9.36. The summed E-state index contributed by atoms with van der Waals surface area (Å²) in [5, 5.41) is 0. The lowest BCUT2D eigenvalue weighted by molar-refractivity contribution is -0.115. The third kappa shape index (κ3) is 1.28. The number of carbonyl (C=O) groups is 1. The van der Waals surface area contributed by atoms with Crippen molar-refractivity contribution in [3.63, 3.8) is 0 Å². The fourth-order valence-corrected chi connectivity index (χ4v) is 2.64. The molecule has 1 nitrogen and oxygen atoms in total. The Kier molecular flexibility index (Phi) is 1.90. The van der Waals surface area contributed by atoms with Crippen molar-refractivity contribution >= 4 is 17.4 Å². The van der Waals surface area contributed by atoms with Crippen LogP contribution >= 0.6 is 0 Å². The van der Waals surface area contributed by atoms with Gasteiger partial charge in [0, 0.05) is 11.8 Å². The van der Waals surface area contributed by atoms with Crippen molar-refractivity contribution in [2.75, 3.05) is 0 Å². The minimum absolute atomic E-state index is 0.0578. The maximum atomic E-state index is 11.6. The van der Waals surface area contributed by atoms with Crippen molar-refractivity contribution in [1.82, 2.24) is 0 Å². The van der Waals surface area contributed by atoms with E-state index >= 15 is 0 Å². The highest BCUT2D eigenvalue weighted by Crippen LogP contribution is 2.47. The van der Waals surface area contributed by atoms with Gasteiger partial charge in [0.05, 0.1) is 0 Å². The second kappa shape index (κ2) is 3.18. The summed E-state index contributed by atoms with van der Waals surface area (Å²) in [6.45, 7) is 2.22. The number of carbonyl (C=O) groups excluding carboxylic acids is 1. The third-order valence-corrected chi connectivity index (χ3v) is 3.69. The molecule has 3 rings (SSSR count). The Morgan fingerprint density at radius 2 is 2.06 bits per heavy atom. The van der Waals surface area contributed by atoms with Gasteiger partial charge in [-0.2, -0.15) is 0 Å². The lowest BCUT2D eigenvalue weighted by atomic mass is 9.67. The number of hydrogen-bond acceptors (Lipinski definition) is 1. The lowest BCUT2D eigenvalue weighted by Crippen LogP contribution is -2.24. The second-order valence-corrected chi connectivity index (χ2v) is 4.86. The van der Waals surface area contributed by atoms with E-state index in [0.717, 1.165) is 6.42 Å². The predicted octanol–water partition coefficient (Wildman–Crippen LogP) is 3.47. The molecule has 0 fully saturated rings. The molecule has 1 aromatic rings. The average molecular weight is 210 g/mol. The Morgan fingerprint density at radius 1 is 1.25 bits per heavy atom. The first kappa shape index (κ1) is 9.59. The maximum Gasteiger partial charge on any atom is 0.156 e. The quantitative estimate of drug-likeness (QED) is 0.640. The molecule has 0 spiro atoms. The molecule has 1 heteroatoms.